The molecule has 0 radical (unpaired) electrons. The van der Waals surface area contributed by atoms with Crippen LogP contribution in [0.4, 0.5) is 0 Å². The summed E-state index contributed by atoms with van der Waals surface area (Å²) in [7, 11) is 0. The fourth-order valence-electron chi connectivity index (χ4n) is 1.81. The molecule has 0 aliphatic carbocycles. The molecule has 0 amide bonds. The summed E-state index contributed by atoms with van der Waals surface area (Å²) in [6, 6.07) is 8.84. The molecule has 0 aliphatic heterocycles. The number of hydrogen-bond donors (Lipinski definition) is 0. The van der Waals surface area contributed by atoms with E-state index in [1.807, 2.05) is 32.0 Å². The standard InChI is InChI=1S/C15H16ClNO3/c1-10(2)19-7-8-20-15(18)12-9-14(16)17-13-6-4-3-5-11(12)13/h3-6,9-10H,7-8H2,1-2H3. The van der Waals surface area contributed by atoms with E-state index in [1.165, 1.54) is 6.07 Å². The van der Waals surface area contributed by atoms with Crippen LogP contribution in [0.25, 0.3) is 10.9 Å². The van der Waals surface area contributed by atoms with Gasteiger partial charge in [0.2, 0.25) is 0 Å². The highest BCUT2D eigenvalue weighted by molar-refractivity contribution is 6.30. The first-order valence-electron chi connectivity index (χ1n) is 6.42. The van der Waals surface area contributed by atoms with Gasteiger partial charge in [-0.2, -0.15) is 0 Å². The monoisotopic (exact) mass is 293 g/mol. The van der Waals surface area contributed by atoms with Crippen LogP contribution in [0.2, 0.25) is 5.15 Å². The van der Waals surface area contributed by atoms with Crippen molar-refractivity contribution in [3.63, 3.8) is 0 Å². The van der Waals surface area contributed by atoms with Crippen molar-refractivity contribution >= 4 is 28.5 Å². The molecular weight excluding hydrogens is 278 g/mol. The first-order chi connectivity index (χ1) is 9.58. The van der Waals surface area contributed by atoms with Crippen molar-refractivity contribution in [3.05, 3.63) is 41.0 Å². The van der Waals surface area contributed by atoms with E-state index < -0.39 is 5.97 Å². The first kappa shape index (κ1) is 14.8. The smallest absolute Gasteiger partial charge is 0.339 e. The van der Waals surface area contributed by atoms with Gasteiger partial charge in [0.25, 0.3) is 0 Å². The number of para-hydroxylation sites is 1. The number of pyridine rings is 1. The Hall–Kier alpha value is -1.65. The van der Waals surface area contributed by atoms with Crippen molar-refractivity contribution in [3.8, 4) is 0 Å². The van der Waals surface area contributed by atoms with Crippen molar-refractivity contribution in [2.24, 2.45) is 0 Å². The van der Waals surface area contributed by atoms with Crippen molar-refractivity contribution in [1.29, 1.82) is 0 Å². The summed E-state index contributed by atoms with van der Waals surface area (Å²) >= 11 is 5.93. The van der Waals surface area contributed by atoms with Gasteiger partial charge < -0.3 is 9.47 Å². The molecule has 0 bridgehead atoms. The highest BCUT2D eigenvalue weighted by Crippen LogP contribution is 2.21. The molecule has 2 aromatic rings. The number of carbonyl (C=O) groups excluding carboxylic acids is 1. The van der Waals surface area contributed by atoms with E-state index in [0.29, 0.717) is 17.7 Å². The van der Waals surface area contributed by atoms with E-state index in [-0.39, 0.29) is 17.9 Å². The van der Waals surface area contributed by atoms with Gasteiger partial charge in [0, 0.05) is 5.39 Å². The number of hydrogen-bond acceptors (Lipinski definition) is 4. The lowest BCUT2D eigenvalue weighted by atomic mass is 10.1. The van der Waals surface area contributed by atoms with Crippen LogP contribution in [0.15, 0.2) is 30.3 Å². The zero-order valence-electron chi connectivity index (χ0n) is 11.4. The summed E-state index contributed by atoms with van der Waals surface area (Å²) in [4.78, 5) is 16.3. The number of aromatic nitrogens is 1. The number of benzene rings is 1. The van der Waals surface area contributed by atoms with Crippen LogP contribution in [-0.2, 0) is 9.47 Å². The minimum absolute atomic E-state index is 0.116. The fourth-order valence-corrected chi connectivity index (χ4v) is 2.01. The Morgan fingerprint density at radius 3 is 2.80 bits per heavy atom. The summed E-state index contributed by atoms with van der Waals surface area (Å²) in [6.07, 6.45) is 0.116. The molecule has 2 rings (SSSR count). The quantitative estimate of drug-likeness (QED) is 0.481. The SMILES string of the molecule is CC(C)OCCOC(=O)c1cc(Cl)nc2ccccc12. The van der Waals surface area contributed by atoms with E-state index >= 15 is 0 Å². The molecule has 1 aromatic heterocycles. The molecule has 5 heteroatoms. The van der Waals surface area contributed by atoms with Crippen LogP contribution in [0.3, 0.4) is 0 Å². The van der Waals surface area contributed by atoms with Crippen molar-refractivity contribution in [2.45, 2.75) is 20.0 Å². The third-order valence-corrected chi connectivity index (χ3v) is 2.87. The van der Waals surface area contributed by atoms with Gasteiger partial charge in [0.15, 0.2) is 0 Å². The van der Waals surface area contributed by atoms with Gasteiger partial charge >= 0.3 is 5.97 Å². The Morgan fingerprint density at radius 2 is 2.05 bits per heavy atom. The summed E-state index contributed by atoms with van der Waals surface area (Å²) in [5.74, 6) is -0.419. The third kappa shape index (κ3) is 3.68. The maximum atomic E-state index is 12.1. The largest absolute Gasteiger partial charge is 0.460 e. The highest BCUT2D eigenvalue weighted by atomic mass is 35.5. The Balaban J connectivity index is 2.13. The second-order valence-electron chi connectivity index (χ2n) is 4.57. The van der Waals surface area contributed by atoms with Crippen molar-refractivity contribution in [2.75, 3.05) is 13.2 Å². The number of halogens is 1. The number of esters is 1. The summed E-state index contributed by atoms with van der Waals surface area (Å²) in [5.41, 5.74) is 1.09. The molecule has 106 valence electrons. The average molecular weight is 294 g/mol. The minimum Gasteiger partial charge on any atom is -0.460 e. The van der Waals surface area contributed by atoms with Gasteiger partial charge in [-0.05, 0) is 26.0 Å². The molecular formula is C15H16ClNO3. The molecule has 0 saturated carbocycles. The molecule has 0 fully saturated rings. The topological polar surface area (TPSA) is 48.4 Å². The number of rotatable bonds is 5. The molecule has 0 N–H and O–H groups in total. The maximum Gasteiger partial charge on any atom is 0.339 e. The van der Waals surface area contributed by atoms with Crippen LogP contribution < -0.4 is 0 Å². The Kier molecular flexibility index (Phi) is 4.93. The number of nitrogens with zero attached hydrogens (tertiary/aromatic N) is 1. The van der Waals surface area contributed by atoms with E-state index in [4.69, 9.17) is 21.1 Å². The summed E-state index contributed by atoms with van der Waals surface area (Å²) in [6.45, 7) is 4.45. The highest BCUT2D eigenvalue weighted by Gasteiger charge is 2.13. The summed E-state index contributed by atoms with van der Waals surface area (Å²) < 4.78 is 10.5. The van der Waals surface area contributed by atoms with E-state index in [0.717, 1.165) is 5.39 Å². The van der Waals surface area contributed by atoms with Crippen molar-refractivity contribution < 1.29 is 14.3 Å². The third-order valence-electron chi connectivity index (χ3n) is 2.67. The van der Waals surface area contributed by atoms with Gasteiger partial charge in [-0.25, -0.2) is 9.78 Å². The number of fused-ring (bicyclic) bond motifs is 1. The fraction of sp³-hybridized carbons (Fsp3) is 0.333. The number of ether oxygens (including phenoxy) is 2. The molecule has 0 unspecified atom stereocenters. The van der Waals surface area contributed by atoms with Gasteiger partial charge in [-0.3, -0.25) is 0 Å². The maximum absolute atomic E-state index is 12.1. The zero-order valence-corrected chi connectivity index (χ0v) is 12.2. The Bertz CT molecular complexity index is 613. The van der Waals surface area contributed by atoms with E-state index in [9.17, 15) is 4.79 Å². The lowest BCUT2D eigenvalue weighted by molar-refractivity contribution is 0.0178. The van der Waals surface area contributed by atoms with Gasteiger partial charge in [-0.15, -0.1) is 0 Å². The predicted molar refractivity (Wildman–Crippen MR) is 78.1 cm³/mol. The molecule has 0 spiro atoms. The molecule has 0 aliphatic rings. The molecule has 0 atom stereocenters. The Labute approximate surface area is 122 Å². The minimum atomic E-state index is -0.419. The second-order valence-corrected chi connectivity index (χ2v) is 4.95. The van der Waals surface area contributed by atoms with Crippen molar-refractivity contribution in [1.82, 2.24) is 4.98 Å². The normalized spacial score (nSPS) is 11.0. The molecule has 0 saturated heterocycles. The predicted octanol–water partition coefficient (Wildman–Crippen LogP) is 3.47. The van der Waals surface area contributed by atoms with Crippen LogP contribution in [0, 0.1) is 0 Å². The van der Waals surface area contributed by atoms with Crippen LogP contribution in [-0.4, -0.2) is 30.3 Å². The van der Waals surface area contributed by atoms with E-state index in [1.54, 1.807) is 6.07 Å². The number of carbonyl (C=O) groups is 1. The molecule has 1 heterocycles. The lowest BCUT2D eigenvalue weighted by Gasteiger charge is -2.09. The molecule has 1 aromatic carbocycles. The molecule has 4 nitrogen and oxygen atoms in total. The summed E-state index contributed by atoms with van der Waals surface area (Å²) in [5, 5.41) is 1.00. The molecule has 20 heavy (non-hydrogen) atoms. The van der Waals surface area contributed by atoms with Crippen LogP contribution in [0.5, 0.6) is 0 Å². The average Bonchev–Trinajstić information content (AvgIpc) is 2.42. The lowest BCUT2D eigenvalue weighted by Crippen LogP contribution is -2.14. The zero-order chi connectivity index (χ0) is 14.5. The van der Waals surface area contributed by atoms with Gasteiger partial charge in [-0.1, -0.05) is 29.8 Å². The van der Waals surface area contributed by atoms with E-state index in [2.05, 4.69) is 4.98 Å². The Morgan fingerprint density at radius 1 is 1.30 bits per heavy atom. The second kappa shape index (κ2) is 6.68. The van der Waals surface area contributed by atoms with Crippen LogP contribution >= 0.6 is 11.6 Å². The van der Waals surface area contributed by atoms with Gasteiger partial charge in [0.05, 0.1) is 23.8 Å². The van der Waals surface area contributed by atoms with Crippen LogP contribution in [0.1, 0.15) is 24.2 Å². The first-order valence-corrected chi connectivity index (χ1v) is 6.79. The van der Waals surface area contributed by atoms with Gasteiger partial charge in [0.1, 0.15) is 11.8 Å².